The average Bonchev–Trinajstić information content (AvgIpc) is 2.39. The van der Waals surface area contributed by atoms with Crippen LogP contribution in [0.1, 0.15) is 18.9 Å². The summed E-state index contributed by atoms with van der Waals surface area (Å²) in [6.45, 7) is 4.85. The number of rotatable bonds is 8. The molecule has 0 radical (unpaired) electrons. The molecule has 0 saturated heterocycles. The van der Waals surface area contributed by atoms with Crippen LogP contribution in [0, 0.1) is 6.92 Å². The van der Waals surface area contributed by atoms with Gasteiger partial charge in [-0.1, -0.05) is 11.6 Å². The lowest BCUT2D eigenvalue weighted by molar-refractivity contribution is 0.196. The monoisotopic (exact) mass is 321 g/mol. The van der Waals surface area contributed by atoms with Crippen LogP contribution in [0.3, 0.4) is 0 Å². The van der Waals surface area contributed by atoms with E-state index >= 15 is 0 Å². The van der Waals surface area contributed by atoms with Gasteiger partial charge in [0.15, 0.2) is 0 Å². The van der Waals surface area contributed by atoms with Crippen LogP contribution in [0.2, 0.25) is 5.02 Å². The van der Waals surface area contributed by atoms with Crippen molar-refractivity contribution in [1.29, 1.82) is 0 Å². The van der Waals surface area contributed by atoms with E-state index in [1.165, 1.54) is 6.07 Å². The molecular formula is C13H20ClNO4S. The van der Waals surface area contributed by atoms with E-state index in [0.717, 1.165) is 0 Å². The van der Waals surface area contributed by atoms with Gasteiger partial charge in [0.1, 0.15) is 5.75 Å². The van der Waals surface area contributed by atoms with Gasteiger partial charge in [0.2, 0.25) is 10.0 Å². The van der Waals surface area contributed by atoms with Gasteiger partial charge in [0, 0.05) is 20.3 Å². The Hall–Kier alpha value is -0.820. The van der Waals surface area contributed by atoms with Crippen molar-refractivity contribution in [2.45, 2.75) is 25.2 Å². The Morgan fingerprint density at radius 3 is 2.65 bits per heavy atom. The van der Waals surface area contributed by atoms with Gasteiger partial charge in [0.05, 0.1) is 16.5 Å². The molecular weight excluding hydrogens is 302 g/mol. The van der Waals surface area contributed by atoms with Crippen LogP contribution in [0.15, 0.2) is 17.0 Å². The molecule has 0 saturated carbocycles. The van der Waals surface area contributed by atoms with Gasteiger partial charge >= 0.3 is 0 Å². The second-order valence-electron chi connectivity index (χ2n) is 4.23. The molecule has 0 heterocycles. The first-order chi connectivity index (χ1) is 9.42. The molecule has 114 valence electrons. The third-order valence-corrected chi connectivity index (χ3v) is 4.53. The van der Waals surface area contributed by atoms with E-state index in [-0.39, 0.29) is 9.92 Å². The Morgan fingerprint density at radius 2 is 2.05 bits per heavy atom. The first-order valence-electron chi connectivity index (χ1n) is 6.34. The van der Waals surface area contributed by atoms with E-state index in [0.29, 0.717) is 37.5 Å². The van der Waals surface area contributed by atoms with Crippen molar-refractivity contribution in [1.82, 2.24) is 4.72 Å². The van der Waals surface area contributed by atoms with Crippen molar-refractivity contribution < 1.29 is 17.9 Å². The number of nitrogens with one attached hydrogen (secondary N) is 1. The molecule has 0 aliphatic carbocycles. The van der Waals surface area contributed by atoms with Crippen molar-refractivity contribution in [3.8, 4) is 5.75 Å². The minimum absolute atomic E-state index is 0.170. The van der Waals surface area contributed by atoms with Gasteiger partial charge in [-0.05, 0) is 38.0 Å². The average molecular weight is 322 g/mol. The minimum atomic E-state index is -3.57. The maximum Gasteiger partial charge on any atom is 0.240 e. The molecule has 7 heteroatoms. The summed E-state index contributed by atoms with van der Waals surface area (Å²) in [4.78, 5) is 0.170. The van der Waals surface area contributed by atoms with E-state index in [1.807, 2.05) is 6.92 Å². The van der Waals surface area contributed by atoms with Gasteiger partial charge in [-0.15, -0.1) is 0 Å². The topological polar surface area (TPSA) is 64.6 Å². The van der Waals surface area contributed by atoms with Crippen molar-refractivity contribution in [3.63, 3.8) is 0 Å². The van der Waals surface area contributed by atoms with Crippen LogP contribution >= 0.6 is 11.6 Å². The number of hydrogen-bond donors (Lipinski definition) is 1. The number of benzene rings is 1. The molecule has 1 aromatic carbocycles. The largest absolute Gasteiger partial charge is 0.492 e. The fourth-order valence-corrected chi connectivity index (χ4v) is 3.30. The molecule has 1 rings (SSSR count). The highest BCUT2D eigenvalue weighted by Crippen LogP contribution is 2.30. The molecule has 0 aliphatic heterocycles. The summed E-state index contributed by atoms with van der Waals surface area (Å²) in [5.74, 6) is 0.491. The Labute approximate surface area is 125 Å². The molecule has 0 amide bonds. The molecule has 0 aromatic heterocycles. The number of ether oxygens (including phenoxy) is 2. The summed E-state index contributed by atoms with van der Waals surface area (Å²) in [7, 11) is -2.00. The predicted octanol–water partition coefficient (Wildman–Crippen LogP) is 2.36. The maximum atomic E-state index is 12.2. The zero-order chi connectivity index (χ0) is 15.2. The second kappa shape index (κ2) is 7.83. The van der Waals surface area contributed by atoms with Gasteiger partial charge < -0.3 is 9.47 Å². The molecule has 0 aliphatic rings. The van der Waals surface area contributed by atoms with Crippen LogP contribution in [0.5, 0.6) is 5.75 Å². The van der Waals surface area contributed by atoms with E-state index in [2.05, 4.69) is 4.72 Å². The standard InChI is InChI=1S/C13H20ClNO4S/c1-4-19-12-8-10(2)13(9-11(12)14)20(16,17)15-6-5-7-18-3/h8-9,15H,4-7H2,1-3H3. The minimum Gasteiger partial charge on any atom is -0.492 e. The van der Waals surface area contributed by atoms with Crippen molar-refractivity contribution in [3.05, 3.63) is 22.7 Å². The summed E-state index contributed by atoms with van der Waals surface area (Å²) in [5, 5.41) is 0.287. The van der Waals surface area contributed by atoms with Crippen molar-refractivity contribution in [2.75, 3.05) is 26.9 Å². The Morgan fingerprint density at radius 1 is 1.35 bits per heavy atom. The number of hydrogen-bond acceptors (Lipinski definition) is 4. The van der Waals surface area contributed by atoms with E-state index in [9.17, 15) is 8.42 Å². The summed E-state index contributed by atoms with van der Waals surface area (Å²) < 4.78 is 37.1. The van der Waals surface area contributed by atoms with E-state index in [1.54, 1.807) is 20.1 Å². The van der Waals surface area contributed by atoms with Crippen LogP contribution in [0.4, 0.5) is 0 Å². The molecule has 0 unspecified atom stereocenters. The molecule has 1 aromatic rings. The maximum absolute atomic E-state index is 12.2. The second-order valence-corrected chi connectivity index (χ2v) is 6.37. The van der Waals surface area contributed by atoms with Crippen molar-refractivity contribution in [2.24, 2.45) is 0 Å². The SMILES string of the molecule is CCOc1cc(C)c(S(=O)(=O)NCCCOC)cc1Cl. The van der Waals surface area contributed by atoms with Crippen LogP contribution in [0.25, 0.3) is 0 Å². The molecule has 5 nitrogen and oxygen atoms in total. The van der Waals surface area contributed by atoms with Gasteiger partial charge in [0.25, 0.3) is 0 Å². The third-order valence-electron chi connectivity index (χ3n) is 2.64. The van der Waals surface area contributed by atoms with Crippen LogP contribution < -0.4 is 9.46 Å². The van der Waals surface area contributed by atoms with Crippen LogP contribution in [-0.4, -0.2) is 35.3 Å². The predicted molar refractivity (Wildman–Crippen MR) is 79.0 cm³/mol. The third kappa shape index (κ3) is 4.63. The molecule has 0 spiro atoms. The van der Waals surface area contributed by atoms with Crippen LogP contribution in [-0.2, 0) is 14.8 Å². The smallest absolute Gasteiger partial charge is 0.240 e. The van der Waals surface area contributed by atoms with Gasteiger partial charge in [-0.25, -0.2) is 13.1 Å². The molecule has 0 fully saturated rings. The first kappa shape index (κ1) is 17.2. The quantitative estimate of drug-likeness (QED) is 0.747. The highest BCUT2D eigenvalue weighted by Gasteiger charge is 2.18. The lowest BCUT2D eigenvalue weighted by Crippen LogP contribution is -2.26. The summed E-state index contributed by atoms with van der Waals surface area (Å²) >= 11 is 6.03. The number of aryl methyl sites for hydroxylation is 1. The Balaban J connectivity index is 2.92. The normalized spacial score (nSPS) is 11.6. The number of halogens is 1. The zero-order valence-electron chi connectivity index (χ0n) is 11.9. The number of methoxy groups -OCH3 is 1. The lowest BCUT2D eigenvalue weighted by Gasteiger charge is -2.12. The van der Waals surface area contributed by atoms with Gasteiger partial charge in [-0.3, -0.25) is 0 Å². The van der Waals surface area contributed by atoms with Gasteiger partial charge in [-0.2, -0.15) is 0 Å². The fourth-order valence-electron chi connectivity index (χ4n) is 1.69. The molecule has 0 atom stereocenters. The Kier molecular flexibility index (Phi) is 6.75. The zero-order valence-corrected chi connectivity index (χ0v) is 13.5. The van der Waals surface area contributed by atoms with E-state index < -0.39 is 10.0 Å². The Bertz CT molecular complexity index is 546. The lowest BCUT2D eigenvalue weighted by atomic mass is 10.2. The van der Waals surface area contributed by atoms with Crippen molar-refractivity contribution >= 4 is 21.6 Å². The number of sulfonamides is 1. The molecule has 1 N–H and O–H groups in total. The summed E-state index contributed by atoms with van der Waals surface area (Å²) in [6, 6.07) is 3.05. The summed E-state index contributed by atoms with van der Waals surface area (Å²) in [6.07, 6.45) is 0.611. The van der Waals surface area contributed by atoms with E-state index in [4.69, 9.17) is 21.1 Å². The highest BCUT2D eigenvalue weighted by atomic mass is 35.5. The first-order valence-corrected chi connectivity index (χ1v) is 8.20. The summed E-state index contributed by atoms with van der Waals surface area (Å²) in [5.41, 5.74) is 0.595. The molecule has 20 heavy (non-hydrogen) atoms. The molecule has 0 bridgehead atoms. The fraction of sp³-hybridized carbons (Fsp3) is 0.538. The highest BCUT2D eigenvalue weighted by molar-refractivity contribution is 7.89.